The molecule has 0 unspecified atom stereocenters. The Kier molecular flexibility index (Phi) is 10.5. The van der Waals surface area contributed by atoms with Gasteiger partial charge < -0.3 is 39.0 Å². The minimum atomic E-state index is -1.04. The standard InChI is InChI=1S/C30H32Cl2N2O10/c1-16(14-43-29-21(41-2)8-17-10-33(12-19(17)27(29)31)23(35)4-6-25(37)38)15-44-30-22(42-3)9-18-11-34(13-20(18)28(30)32)24(36)5-7-26(39)40/h8-9H,1,4-7,10-15H2,2-3H3,(H,37,38)(H,39,40). The average Bonchev–Trinajstić information content (AvgIpc) is 3.62. The van der Waals surface area contributed by atoms with Gasteiger partial charge in [0, 0.05) is 39.0 Å². The van der Waals surface area contributed by atoms with Gasteiger partial charge in [0.05, 0.1) is 37.1 Å². The number of benzene rings is 2. The molecule has 14 heteroatoms. The molecule has 12 nitrogen and oxygen atoms in total. The van der Waals surface area contributed by atoms with E-state index in [2.05, 4.69) is 6.58 Å². The molecule has 0 radical (unpaired) electrons. The topological polar surface area (TPSA) is 152 Å². The van der Waals surface area contributed by atoms with E-state index < -0.39 is 11.9 Å². The van der Waals surface area contributed by atoms with Crippen molar-refractivity contribution in [2.75, 3.05) is 27.4 Å². The van der Waals surface area contributed by atoms with Crippen LogP contribution in [0.3, 0.4) is 0 Å². The van der Waals surface area contributed by atoms with Crippen molar-refractivity contribution in [2.24, 2.45) is 0 Å². The van der Waals surface area contributed by atoms with Crippen LogP contribution < -0.4 is 18.9 Å². The fourth-order valence-corrected chi connectivity index (χ4v) is 5.64. The summed E-state index contributed by atoms with van der Waals surface area (Å²) in [6.45, 7) is 5.03. The normalized spacial score (nSPS) is 13.3. The molecule has 2 N–H and O–H groups in total. The van der Waals surface area contributed by atoms with Crippen molar-refractivity contribution in [1.29, 1.82) is 0 Å². The number of nitrogens with zero attached hydrogens (tertiary/aromatic N) is 2. The summed E-state index contributed by atoms with van der Waals surface area (Å²) in [5.74, 6) is -1.38. The van der Waals surface area contributed by atoms with Gasteiger partial charge in [-0.2, -0.15) is 0 Å². The van der Waals surface area contributed by atoms with Gasteiger partial charge in [-0.25, -0.2) is 0 Å². The number of hydrogen-bond donors (Lipinski definition) is 2. The number of ether oxygens (including phenoxy) is 4. The Morgan fingerprint density at radius 3 is 1.45 bits per heavy atom. The lowest BCUT2D eigenvalue weighted by Crippen LogP contribution is -2.25. The Labute approximate surface area is 263 Å². The van der Waals surface area contributed by atoms with Crippen molar-refractivity contribution in [3.63, 3.8) is 0 Å². The molecule has 2 amide bonds. The molecule has 44 heavy (non-hydrogen) atoms. The number of amides is 2. The fourth-order valence-electron chi connectivity index (χ4n) is 4.98. The van der Waals surface area contributed by atoms with Crippen LogP contribution >= 0.6 is 23.2 Å². The van der Waals surface area contributed by atoms with Gasteiger partial charge in [0.2, 0.25) is 11.8 Å². The molecule has 0 aromatic heterocycles. The van der Waals surface area contributed by atoms with E-state index in [1.165, 1.54) is 24.0 Å². The van der Waals surface area contributed by atoms with E-state index in [-0.39, 0.29) is 98.4 Å². The quantitative estimate of drug-likeness (QED) is 0.281. The smallest absolute Gasteiger partial charge is 0.303 e. The Morgan fingerprint density at radius 2 is 1.11 bits per heavy atom. The Hall–Kier alpha value is -4.16. The third kappa shape index (κ3) is 7.31. The molecule has 0 aliphatic carbocycles. The summed E-state index contributed by atoms with van der Waals surface area (Å²) in [6.07, 6.45) is -0.722. The minimum Gasteiger partial charge on any atom is -0.493 e. The van der Waals surface area contributed by atoms with Crippen LogP contribution in [0.2, 0.25) is 10.0 Å². The maximum atomic E-state index is 12.5. The molecule has 0 spiro atoms. The summed E-state index contributed by atoms with van der Waals surface area (Å²) in [4.78, 5) is 49.7. The zero-order chi connectivity index (χ0) is 32.1. The predicted octanol–water partition coefficient (Wildman–Crippen LogP) is 4.44. The molecule has 0 bridgehead atoms. The lowest BCUT2D eigenvalue weighted by molar-refractivity contribution is -0.141. The van der Waals surface area contributed by atoms with Crippen LogP contribution in [-0.4, -0.2) is 71.2 Å². The van der Waals surface area contributed by atoms with E-state index in [1.54, 1.807) is 12.1 Å². The third-order valence-corrected chi connectivity index (χ3v) is 8.07. The van der Waals surface area contributed by atoms with Gasteiger partial charge in [0.25, 0.3) is 0 Å². The monoisotopic (exact) mass is 650 g/mol. The highest BCUT2D eigenvalue weighted by Crippen LogP contribution is 2.45. The first-order valence-corrected chi connectivity index (χ1v) is 14.4. The summed E-state index contributed by atoms with van der Waals surface area (Å²) in [5.41, 5.74) is 3.48. The molecular weight excluding hydrogens is 619 g/mol. The molecule has 0 saturated carbocycles. The average molecular weight is 651 g/mol. The largest absolute Gasteiger partial charge is 0.493 e. The van der Waals surface area contributed by atoms with Crippen molar-refractivity contribution in [2.45, 2.75) is 51.9 Å². The molecule has 236 valence electrons. The third-order valence-electron chi connectivity index (χ3n) is 7.27. The number of carbonyl (C=O) groups is 4. The van der Waals surface area contributed by atoms with Crippen LogP contribution in [-0.2, 0) is 45.4 Å². The van der Waals surface area contributed by atoms with Gasteiger partial charge in [-0.05, 0) is 40.0 Å². The number of fused-ring (bicyclic) bond motifs is 2. The summed E-state index contributed by atoms with van der Waals surface area (Å²) < 4.78 is 22.9. The number of carboxylic acids is 2. The van der Waals surface area contributed by atoms with E-state index in [9.17, 15) is 19.2 Å². The zero-order valence-corrected chi connectivity index (χ0v) is 25.8. The number of hydrogen-bond acceptors (Lipinski definition) is 8. The lowest BCUT2D eigenvalue weighted by Gasteiger charge is -2.18. The van der Waals surface area contributed by atoms with Gasteiger partial charge in [0.15, 0.2) is 23.0 Å². The highest BCUT2D eigenvalue weighted by atomic mass is 35.5. The van der Waals surface area contributed by atoms with E-state index in [1.807, 2.05) is 0 Å². The van der Waals surface area contributed by atoms with Crippen molar-refractivity contribution in [3.05, 3.63) is 56.6 Å². The van der Waals surface area contributed by atoms with E-state index in [4.69, 9.17) is 52.4 Å². The van der Waals surface area contributed by atoms with Gasteiger partial charge >= 0.3 is 11.9 Å². The van der Waals surface area contributed by atoms with Gasteiger partial charge in [-0.3, -0.25) is 19.2 Å². The first-order chi connectivity index (χ1) is 20.9. The van der Waals surface area contributed by atoms with Crippen LogP contribution in [0.4, 0.5) is 0 Å². The molecule has 2 aromatic rings. The molecule has 0 fully saturated rings. The second-order valence-corrected chi connectivity index (χ2v) is 11.1. The molecule has 2 aromatic carbocycles. The van der Waals surface area contributed by atoms with Gasteiger partial charge in [0.1, 0.15) is 13.2 Å². The second-order valence-electron chi connectivity index (χ2n) is 10.3. The number of halogens is 2. The van der Waals surface area contributed by atoms with Gasteiger partial charge in [-0.1, -0.05) is 29.8 Å². The number of methoxy groups -OCH3 is 2. The lowest BCUT2D eigenvalue weighted by atomic mass is 10.1. The van der Waals surface area contributed by atoms with Crippen molar-refractivity contribution >= 4 is 47.0 Å². The Bertz CT molecular complexity index is 1400. The fraction of sp³-hybridized carbons (Fsp3) is 0.400. The molecule has 4 rings (SSSR count). The summed E-state index contributed by atoms with van der Waals surface area (Å²) in [7, 11) is 2.94. The molecule has 0 saturated heterocycles. The number of rotatable bonds is 14. The van der Waals surface area contributed by atoms with Crippen molar-refractivity contribution < 1.29 is 48.3 Å². The maximum Gasteiger partial charge on any atom is 0.303 e. The Balaban J connectivity index is 1.40. The summed E-state index contributed by atoms with van der Waals surface area (Å²) in [5, 5.41) is 18.3. The van der Waals surface area contributed by atoms with Crippen LogP contribution in [0.15, 0.2) is 24.3 Å². The van der Waals surface area contributed by atoms with Crippen LogP contribution in [0, 0.1) is 0 Å². The molecule has 2 aliphatic heterocycles. The highest BCUT2D eigenvalue weighted by Gasteiger charge is 2.31. The number of carboxylic acid groups (broad SMARTS) is 2. The molecule has 2 heterocycles. The number of carbonyl (C=O) groups excluding carboxylic acids is 2. The van der Waals surface area contributed by atoms with Crippen molar-refractivity contribution in [3.8, 4) is 23.0 Å². The number of aliphatic carboxylic acids is 2. The molecule has 0 atom stereocenters. The van der Waals surface area contributed by atoms with Crippen LogP contribution in [0.25, 0.3) is 0 Å². The summed E-state index contributed by atoms with van der Waals surface area (Å²) in [6, 6.07) is 3.48. The van der Waals surface area contributed by atoms with Crippen molar-refractivity contribution in [1.82, 2.24) is 9.80 Å². The van der Waals surface area contributed by atoms with E-state index >= 15 is 0 Å². The van der Waals surface area contributed by atoms with Crippen LogP contribution in [0.5, 0.6) is 23.0 Å². The highest BCUT2D eigenvalue weighted by molar-refractivity contribution is 6.33. The maximum absolute atomic E-state index is 12.5. The van der Waals surface area contributed by atoms with Crippen LogP contribution in [0.1, 0.15) is 47.9 Å². The van der Waals surface area contributed by atoms with E-state index in [0.717, 1.165) is 11.1 Å². The predicted molar refractivity (Wildman–Crippen MR) is 158 cm³/mol. The molecular formula is C30H32Cl2N2O10. The first kappa shape index (κ1) is 32.7. The Morgan fingerprint density at radius 1 is 0.727 bits per heavy atom. The zero-order valence-electron chi connectivity index (χ0n) is 24.2. The second kappa shape index (κ2) is 14.1. The molecule has 2 aliphatic rings. The SMILES string of the molecule is C=C(COc1c(OC)cc2c(c1Cl)CN(C(=O)CCC(=O)O)C2)COc1c(OC)cc2c(c1Cl)CN(C(=O)CCC(=O)O)C2. The minimum absolute atomic E-state index is 0.00680. The first-order valence-electron chi connectivity index (χ1n) is 13.6. The summed E-state index contributed by atoms with van der Waals surface area (Å²) >= 11 is 13.4. The van der Waals surface area contributed by atoms with Gasteiger partial charge in [-0.15, -0.1) is 0 Å². The van der Waals surface area contributed by atoms with E-state index in [0.29, 0.717) is 28.2 Å².